The van der Waals surface area contributed by atoms with Crippen LogP contribution in [0.4, 0.5) is 10.5 Å². The maximum absolute atomic E-state index is 13.1. The van der Waals surface area contributed by atoms with E-state index in [1.54, 1.807) is 12.1 Å². The third-order valence-electron chi connectivity index (χ3n) is 6.24. The summed E-state index contributed by atoms with van der Waals surface area (Å²) in [7, 11) is -3.60. The molecule has 0 radical (unpaired) electrons. The number of anilines is 1. The Labute approximate surface area is 199 Å². The van der Waals surface area contributed by atoms with Crippen LogP contribution in [-0.2, 0) is 26.0 Å². The maximum atomic E-state index is 13.1. The second-order valence-electron chi connectivity index (χ2n) is 8.66. The number of nitrogens with zero attached hydrogens (tertiary/aromatic N) is 1. The third kappa shape index (κ3) is 5.81. The molecular weight excluding hydrogens is 456 g/mol. The number of amides is 4. The number of piperidine rings is 1. The predicted molar refractivity (Wildman–Crippen MR) is 126 cm³/mol. The third-order valence-corrected chi connectivity index (χ3v) is 8.15. The fourth-order valence-corrected chi connectivity index (χ4v) is 5.79. The predicted octanol–water partition coefficient (Wildman–Crippen LogP) is 2.26. The number of benzene rings is 2. The van der Waals surface area contributed by atoms with Gasteiger partial charge >= 0.3 is 6.03 Å². The zero-order chi connectivity index (χ0) is 24.1. The van der Waals surface area contributed by atoms with Crippen LogP contribution in [0, 0.1) is 5.92 Å². The first-order chi connectivity index (χ1) is 16.3. The minimum absolute atomic E-state index is 0.0380. The van der Waals surface area contributed by atoms with Crippen molar-refractivity contribution in [3.63, 3.8) is 0 Å². The van der Waals surface area contributed by atoms with Gasteiger partial charge in [0.15, 0.2) is 0 Å². The van der Waals surface area contributed by atoms with Crippen molar-refractivity contribution in [2.75, 3.05) is 18.4 Å². The van der Waals surface area contributed by atoms with E-state index in [1.165, 1.54) is 22.0 Å². The molecule has 0 aliphatic carbocycles. The lowest BCUT2D eigenvalue weighted by molar-refractivity contribution is -0.120. The monoisotopic (exact) mass is 484 g/mol. The molecule has 2 aromatic carbocycles. The molecule has 4 rings (SSSR count). The van der Waals surface area contributed by atoms with Gasteiger partial charge in [-0.1, -0.05) is 30.3 Å². The van der Waals surface area contributed by atoms with Crippen molar-refractivity contribution in [3.05, 3.63) is 60.2 Å². The molecule has 2 aliphatic heterocycles. The highest BCUT2D eigenvalue weighted by Crippen LogP contribution is 2.27. The molecule has 2 saturated heterocycles. The lowest BCUT2D eigenvalue weighted by Gasteiger charge is -2.31. The number of carbonyl (C=O) groups excluding carboxylic acids is 3. The molecule has 2 fully saturated rings. The van der Waals surface area contributed by atoms with E-state index >= 15 is 0 Å². The number of hydrogen-bond acceptors (Lipinski definition) is 5. The molecule has 3 N–H and O–H groups in total. The Hall–Kier alpha value is -3.24. The number of nitrogens with one attached hydrogen (secondary N) is 3. The standard InChI is InChI=1S/C24H28N4O5S/c29-22(11-10-21-23(30)27-24(31)26-21)25-19-6-8-20(9-7-19)34(32,33)28-14-12-18(13-15-28)16-17-4-2-1-3-5-17/h1-9,18,21H,10-16H2,(H,25,29)(H2,26,27,30,31)/t21-/m1/s1. The molecule has 0 saturated carbocycles. The van der Waals surface area contributed by atoms with E-state index in [2.05, 4.69) is 28.1 Å². The van der Waals surface area contributed by atoms with Crippen molar-refractivity contribution in [3.8, 4) is 0 Å². The smallest absolute Gasteiger partial charge is 0.322 e. The molecule has 0 bridgehead atoms. The highest BCUT2D eigenvalue weighted by Gasteiger charge is 2.30. The first kappa shape index (κ1) is 23.9. The van der Waals surface area contributed by atoms with Gasteiger partial charge in [-0.3, -0.25) is 14.9 Å². The van der Waals surface area contributed by atoms with Crippen LogP contribution in [-0.4, -0.2) is 49.7 Å². The molecule has 9 nitrogen and oxygen atoms in total. The largest absolute Gasteiger partial charge is 0.326 e. The van der Waals surface area contributed by atoms with Crippen LogP contribution in [0.25, 0.3) is 0 Å². The second kappa shape index (κ2) is 10.4. The van der Waals surface area contributed by atoms with Crippen LogP contribution >= 0.6 is 0 Å². The van der Waals surface area contributed by atoms with Crippen LogP contribution in [0.3, 0.4) is 0 Å². The second-order valence-corrected chi connectivity index (χ2v) is 10.6. The minimum atomic E-state index is -3.60. The molecule has 10 heteroatoms. The van der Waals surface area contributed by atoms with Gasteiger partial charge in [-0.15, -0.1) is 0 Å². The van der Waals surface area contributed by atoms with Crippen molar-refractivity contribution in [2.45, 2.75) is 43.0 Å². The number of imide groups is 1. The SMILES string of the molecule is O=C(CC[C@H]1NC(=O)NC1=O)Nc1ccc(S(=O)(=O)N2CCC(Cc3ccccc3)CC2)cc1. The van der Waals surface area contributed by atoms with Crippen molar-refractivity contribution >= 4 is 33.6 Å². The van der Waals surface area contributed by atoms with E-state index in [1.807, 2.05) is 18.2 Å². The summed E-state index contributed by atoms with van der Waals surface area (Å²) in [4.78, 5) is 35.0. The summed E-state index contributed by atoms with van der Waals surface area (Å²) in [6, 6.07) is 15.1. The van der Waals surface area contributed by atoms with Gasteiger partial charge in [0.05, 0.1) is 4.90 Å². The van der Waals surface area contributed by atoms with Gasteiger partial charge in [-0.2, -0.15) is 4.31 Å². The fraction of sp³-hybridized carbons (Fsp3) is 0.375. The molecule has 1 atom stereocenters. The van der Waals surface area contributed by atoms with Crippen LogP contribution in [0.15, 0.2) is 59.5 Å². The summed E-state index contributed by atoms with van der Waals surface area (Å²) in [5, 5.41) is 7.25. The molecule has 2 heterocycles. The molecule has 4 amide bonds. The van der Waals surface area contributed by atoms with Crippen molar-refractivity contribution in [1.29, 1.82) is 0 Å². The minimum Gasteiger partial charge on any atom is -0.326 e. The van der Waals surface area contributed by atoms with Crippen molar-refractivity contribution in [2.24, 2.45) is 5.92 Å². The van der Waals surface area contributed by atoms with Crippen LogP contribution < -0.4 is 16.0 Å². The van der Waals surface area contributed by atoms with E-state index in [0.29, 0.717) is 24.7 Å². The molecule has 0 unspecified atom stereocenters. The van der Waals surface area contributed by atoms with Gasteiger partial charge < -0.3 is 10.6 Å². The van der Waals surface area contributed by atoms with E-state index < -0.39 is 28.0 Å². The van der Waals surface area contributed by atoms with Crippen molar-refractivity contribution < 1.29 is 22.8 Å². The van der Waals surface area contributed by atoms with E-state index in [4.69, 9.17) is 0 Å². The zero-order valence-electron chi connectivity index (χ0n) is 18.7. The molecule has 2 aliphatic rings. The van der Waals surface area contributed by atoms with Gasteiger partial charge in [0, 0.05) is 25.2 Å². The summed E-state index contributed by atoms with van der Waals surface area (Å²) < 4.78 is 27.6. The van der Waals surface area contributed by atoms with E-state index in [0.717, 1.165) is 19.3 Å². The highest BCUT2D eigenvalue weighted by molar-refractivity contribution is 7.89. The average Bonchev–Trinajstić information content (AvgIpc) is 3.16. The summed E-state index contributed by atoms with van der Waals surface area (Å²) in [5.74, 6) is -0.309. The number of urea groups is 1. The van der Waals surface area contributed by atoms with Gasteiger partial charge in [0.25, 0.3) is 5.91 Å². The molecular formula is C24H28N4O5S. The van der Waals surface area contributed by atoms with E-state index in [-0.39, 0.29) is 23.6 Å². The molecule has 34 heavy (non-hydrogen) atoms. The first-order valence-corrected chi connectivity index (χ1v) is 12.8. The number of sulfonamides is 1. The Morgan fingerprint density at radius 2 is 1.68 bits per heavy atom. The van der Waals surface area contributed by atoms with Crippen LogP contribution in [0.5, 0.6) is 0 Å². The summed E-state index contributed by atoms with van der Waals surface area (Å²) in [6.45, 7) is 0.979. The maximum Gasteiger partial charge on any atom is 0.322 e. The highest BCUT2D eigenvalue weighted by atomic mass is 32.2. The zero-order valence-corrected chi connectivity index (χ0v) is 19.5. The lowest BCUT2D eigenvalue weighted by Crippen LogP contribution is -2.38. The number of carbonyl (C=O) groups is 3. The summed E-state index contributed by atoms with van der Waals surface area (Å²) in [5.41, 5.74) is 1.74. The van der Waals surface area contributed by atoms with Crippen molar-refractivity contribution in [1.82, 2.24) is 14.9 Å². The quantitative estimate of drug-likeness (QED) is 0.496. The van der Waals surface area contributed by atoms with E-state index in [9.17, 15) is 22.8 Å². The van der Waals surface area contributed by atoms with Crippen LogP contribution in [0.1, 0.15) is 31.2 Å². The van der Waals surface area contributed by atoms with Gasteiger partial charge in [0.1, 0.15) is 6.04 Å². The Morgan fingerprint density at radius 1 is 1.00 bits per heavy atom. The molecule has 0 spiro atoms. The molecule has 180 valence electrons. The molecule has 0 aromatic heterocycles. The lowest BCUT2D eigenvalue weighted by atomic mass is 9.91. The van der Waals surface area contributed by atoms with Gasteiger partial charge in [-0.25, -0.2) is 13.2 Å². The topological polar surface area (TPSA) is 125 Å². The number of rotatable bonds is 8. The Morgan fingerprint density at radius 3 is 2.29 bits per heavy atom. The Bertz CT molecular complexity index is 1140. The Balaban J connectivity index is 1.27. The Kier molecular flexibility index (Phi) is 7.28. The number of hydrogen-bond donors (Lipinski definition) is 3. The molecule has 2 aromatic rings. The fourth-order valence-electron chi connectivity index (χ4n) is 4.32. The first-order valence-electron chi connectivity index (χ1n) is 11.4. The summed E-state index contributed by atoms with van der Waals surface area (Å²) >= 11 is 0. The normalized spacial score (nSPS) is 19.5. The van der Waals surface area contributed by atoms with Gasteiger partial charge in [0.2, 0.25) is 15.9 Å². The van der Waals surface area contributed by atoms with Gasteiger partial charge in [-0.05, 0) is 61.4 Å². The van der Waals surface area contributed by atoms with Crippen LogP contribution in [0.2, 0.25) is 0 Å². The average molecular weight is 485 g/mol. The summed E-state index contributed by atoms with van der Waals surface area (Å²) in [6.07, 6.45) is 2.82.